The van der Waals surface area contributed by atoms with Crippen molar-refractivity contribution < 1.29 is 14.3 Å². The second kappa shape index (κ2) is 10.1. The van der Waals surface area contributed by atoms with Crippen LogP contribution in [0, 0.1) is 5.41 Å². The summed E-state index contributed by atoms with van der Waals surface area (Å²) in [5.41, 5.74) is 3.73. The topological polar surface area (TPSA) is 65.5 Å². The normalized spacial score (nSPS) is 27.2. The third kappa shape index (κ3) is 4.16. The van der Waals surface area contributed by atoms with Crippen molar-refractivity contribution >= 4 is 44.9 Å². The van der Waals surface area contributed by atoms with Gasteiger partial charge in [0.1, 0.15) is 5.41 Å². The second-order valence-corrected chi connectivity index (χ2v) is 11.9. The standard InChI is InChI=1S/C30H35BrN4O3/c1-3-38-28(36)21-7-10-24(11-8-21)35-29(37)30(20(2)32-35)19-22-17-23(31)9-12-26(22)34-16-13-25(18-27(30)34)33-14-5-4-6-15-33/h7-12,17,25,27H,3-6,13-16,18-19H2,1-2H3/t25-,27-,30+/m1/s1. The summed E-state index contributed by atoms with van der Waals surface area (Å²) in [6, 6.07) is 14.0. The molecule has 0 aromatic heterocycles. The molecule has 0 unspecified atom stereocenters. The molecule has 0 bridgehead atoms. The fourth-order valence-corrected chi connectivity index (χ4v) is 7.46. The second-order valence-electron chi connectivity index (χ2n) is 11.0. The molecule has 4 heterocycles. The summed E-state index contributed by atoms with van der Waals surface area (Å²) in [6.07, 6.45) is 6.57. The van der Waals surface area contributed by atoms with Gasteiger partial charge in [-0.05, 0) is 107 Å². The van der Waals surface area contributed by atoms with Crippen LogP contribution in [0.25, 0.3) is 0 Å². The van der Waals surface area contributed by atoms with Gasteiger partial charge in [-0.1, -0.05) is 22.4 Å². The fourth-order valence-electron chi connectivity index (χ4n) is 7.06. The van der Waals surface area contributed by atoms with Crippen LogP contribution in [0.2, 0.25) is 0 Å². The summed E-state index contributed by atoms with van der Waals surface area (Å²) in [6.45, 7) is 7.40. The van der Waals surface area contributed by atoms with Crippen LogP contribution in [-0.4, -0.2) is 60.8 Å². The zero-order valence-corrected chi connectivity index (χ0v) is 23.7. The lowest BCUT2D eigenvalue weighted by Crippen LogP contribution is -2.64. The van der Waals surface area contributed by atoms with E-state index in [-0.39, 0.29) is 17.9 Å². The fraction of sp³-hybridized carbons (Fsp3) is 0.500. The number of carbonyl (C=O) groups excluding carboxylic acids is 2. The van der Waals surface area contributed by atoms with Gasteiger partial charge in [-0.3, -0.25) is 4.79 Å². The van der Waals surface area contributed by atoms with E-state index in [1.165, 1.54) is 30.5 Å². The Morgan fingerprint density at radius 2 is 1.87 bits per heavy atom. The first-order valence-corrected chi connectivity index (χ1v) is 14.7. The number of carbonyl (C=O) groups is 2. The number of rotatable bonds is 4. The molecule has 2 fully saturated rings. The maximum Gasteiger partial charge on any atom is 0.338 e. The molecule has 0 saturated carbocycles. The summed E-state index contributed by atoms with van der Waals surface area (Å²) in [5.74, 6) is -0.335. The average molecular weight is 580 g/mol. The number of piperidine rings is 2. The van der Waals surface area contributed by atoms with Crippen molar-refractivity contribution in [3.8, 4) is 0 Å². The van der Waals surface area contributed by atoms with Gasteiger partial charge in [0.2, 0.25) is 0 Å². The molecule has 6 rings (SSSR count). The monoisotopic (exact) mass is 578 g/mol. The minimum absolute atomic E-state index is 0.0267. The minimum atomic E-state index is -0.720. The number of hydrazone groups is 1. The van der Waals surface area contributed by atoms with Gasteiger partial charge in [0.05, 0.1) is 29.6 Å². The van der Waals surface area contributed by atoms with Crippen LogP contribution in [-0.2, 0) is 16.0 Å². The number of nitrogens with zero attached hydrogens (tertiary/aromatic N) is 4. The number of likely N-dealkylation sites (tertiary alicyclic amines) is 1. The number of ether oxygens (including phenoxy) is 1. The van der Waals surface area contributed by atoms with Gasteiger partial charge in [0.15, 0.2) is 0 Å². The molecule has 0 N–H and O–H groups in total. The lowest BCUT2D eigenvalue weighted by atomic mass is 9.65. The Hall–Kier alpha value is -2.71. The summed E-state index contributed by atoms with van der Waals surface area (Å²) in [4.78, 5) is 31.8. The van der Waals surface area contributed by atoms with E-state index in [4.69, 9.17) is 9.84 Å². The summed E-state index contributed by atoms with van der Waals surface area (Å²) in [7, 11) is 0. The van der Waals surface area contributed by atoms with Gasteiger partial charge >= 0.3 is 5.97 Å². The van der Waals surface area contributed by atoms with Gasteiger partial charge in [0, 0.05) is 22.7 Å². The Bertz CT molecular complexity index is 1270. The highest BCUT2D eigenvalue weighted by Crippen LogP contribution is 2.50. The molecule has 0 aliphatic carbocycles. The van der Waals surface area contributed by atoms with Crippen LogP contribution in [0.15, 0.2) is 52.0 Å². The molecule has 4 aliphatic rings. The highest BCUT2D eigenvalue weighted by molar-refractivity contribution is 9.10. The van der Waals surface area contributed by atoms with Gasteiger partial charge in [-0.2, -0.15) is 10.1 Å². The van der Waals surface area contributed by atoms with Gasteiger partial charge in [-0.15, -0.1) is 0 Å². The number of anilines is 2. The van der Waals surface area contributed by atoms with E-state index in [0.29, 0.717) is 30.3 Å². The van der Waals surface area contributed by atoms with E-state index < -0.39 is 5.41 Å². The smallest absolute Gasteiger partial charge is 0.338 e. The molecular weight excluding hydrogens is 544 g/mol. The van der Waals surface area contributed by atoms with E-state index in [0.717, 1.165) is 42.7 Å². The summed E-state index contributed by atoms with van der Waals surface area (Å²) in [5, 5.41) is 6.45. The van der Waals surface area contributed by atoms with E-state index in [1.54, 1.807) is 36.2 Å². The molecular formula is C30H35BrN4O3. The van der Waals surface area contributed by atoms with Crippen molar-refractivity contribution in [3.63, 3.8) is 0 Å². The molecule has 1 amide bonds. The minimum Gasteiger partial charge on any atom is -0.462 e. The van der Waals surface area contributed by atoms with Gasteiger partial charge < -0.3 is 14.5 Å². The number of fused-ring (bicyclic) bond motifs is 4. The van der Waals surface area contributed by atoms with Crippen molar-refractivity contribution in [2.45, 2.75) is 64.5 Å². The molecule has 1 spiro atoms. The van der Waals surface area contributed by atoms with E-state index in [9.17, 15) is 9.59 Å². The van der Waals surface area contributed by atoms with Crippen molar-refractivity contribution in [1.29, 1.82) is 0 Å². The van der Waals surface area contributed by atoms with E-state index in [1.807, 2.05) is 6.92 Å². The third-order valence-electron chi connectivity index (χ3n) is 8.96. The molecule has 4 aliphatic heterocycles. The molecule has 7 nitrogen and oxygen atoms in total. The van der Waals surface area contributed by atoms with Crippen LogP contribution < -0.4 is 9.91 Å². The predicted molar refractivity (Wildman–Crippen MR) is 153 cm³/mol. The Morgan fingerprint density at radius 3 is 2.61 bits per heavy atom. The zero-order valence-electron chi connectivity index (χ0n) is 22.2. The van der Waals surface area contributed by atoms with Crippen molar-refractivity contribution in [2.75, 3.05) is 36.1 Å². The predicted octanol–water partition coefficient (Wildman–Crippen LogP) is 5.41. The molecule has 2 saturated heterocycles. The summed E-state index contributed by atoms with van der Waals surface area (Å²) < 4.78 is 6.15. The largest absolute Gasteiger partial charge is 0.462 e. The Morgan fingerprint density at radius 1 is 1.11 bits per heavy atom. The lowest BCUT2D eigenvalue weighted by Gasteiger charge is -2.54. The molecule has 200 valence electrons. The highest BCUT2D eigenvalue weighted by atomic mass is 79.9. The first-order valence-electron chi connectivity index (χ1n) is 13.9. The molecule has 0 radical (unpaired) electrons. The van der Waals surface area contributed by atoms with E-state index >= 15 is 0 Å². The van der Waals surface area contributed by atoms with Gasteiger partial charge in [-0.25, -0.2) is 4.79 Å². The zero-order chi connectivity index (χ0) is 26.4. The molecule has 38 heavy (non-hydrogen) atoms. The van der Waals surface area contributed by atoms with Crippen molar-refractivity contribution in [1.82, 2.24) is 4.90 Å². The van der Waals surface area contributed by atoms with Crippen molar-refractivity contribution in [2.24, 2.45) is 10.5 Å². The van der Waals surface area contributed by atoms with Crippen LogP contribution in [0.4, 0.5) is 11.4 Å². The van der Waals surface area contributed by atoms with Crippen LogP contribution in [0.5, 0.6) is 0 Å². The van der Waals surface area contributed by atoms with Crippen molar-refractivity contribution in [3.05, 3.63) is 58.1 Å². The molecule has 2 aromatic carbocycles. The number of esters is 1. The molecule has 3 atom stereocenters. The number of hydrogen-bond donors (Lipinski definition) is 0. The number of halogens is 1. The van der Waals surface area contributed by atoms with E-state index in [2.05, 4.69) is 43.9 Å². The first kappa shape index (κ1) is 25.6. The maximum atomic E-state index is 14.5. The Kier molecular flexibility index (Phi) is 6.80. The maximum absolute atomic E-state index is 14.5. The Labute approximate surface area is 232 Å². The third-order valence-corrected chi connectivity index (χ3v) is 9.46. The molecule has 8 heteroatoms. The average Bonchev–Trinajstić information content (AvgIpc) is 3.19. The Balaban J connectivity index is 1.36. The van der Waals surface area contributed by atoms with Gasteiger partial charge in [0.25, 0.3) is 5.91 Å². The summed E-state index contributed by atoms with van der Waals surface area (Å²) >= 11 is 3.66. The molecule has 2 aromatic rings. The number of amides is 1. The lowest BCUT2D eigenvalue weighted by molar-refractivity contribution is -0.125. The quantitative estimate of drug-likeness (QED) is 0.453. The highest BCUT2D eigenvalue weighted by Gasteiger charge is 2.60. The first-order chi connectivity index (χ1) is 18.4. The van der Waals surface area contributed by atoms with Crippen LogP contribution >= 0.6 is 15.9 Å². The van der Waals surface area contributed by atoms with Crippen LogP contribution in [0.3, 0.4) is 0 Å². The van der Waals surface area contributed by atoms with Crippen LogP contribution in [0.1, 0.15) is 61.9 Å². The SMILES string of the molecule is CCOC(=O)c1ccc(N2N=C(C)[C@]3(Cc4cc(Br)ccc4N4CC[C@@H](N5CCCCC5)C[C@@H]43)C2=O)cc1. The number of hydrogen-bond acceptors (Lipinski definition) is 6. The number of benzene rings is 2.